The predicted molar refractivity (Wildman–Crippen MR) is 82.4 cm³/mol. The quantitative estimate of drug-likeness (QED) is 0.622. The number of benzene rings is 1. The molecule has 110 valence electrons. The second-order valence-corrected chi connectivity index (χ2v) is 6.65. The maximum absolute atomic E-state index is 6.06. The Morgan fingerprint density at radius 2 is 1.75 bits per heavy atom. The minimum absolute atomic E-state index is 0.176. The Hall–Kier alpha value is -0.555. The molecule has 0 aromatic heterocycles. The number of methoxy groups -OCH3 is 1. The minimum Gasteiger partial charge on any atom is -0.467 e. The molecule has 20 heavy (non-hydrogen) atoms. The van der Waals surface area contributed by atoms with Gasteiger partial charge in [0.05, 0.1) is 15.7 Å². The van der Waals surface area contributed by atoms with Crippen molar-refractivity contribution in [3.63, 3.8) is 0 Å². The highest BCUT2D eigenvalue weighted by Gasteiger charge is 2.52. The zero-order chi connectivity index (χ0) is 15.0. The highest BCUT2D eigenvalue weighted by atomic mass is 79.9. The first-order valence-electron chi connectivity index (χ1n) is 6.54. The van der Waals surface area contributed by atoms with Gasteiger partial charge in [0.2, 0.25) is 0 Å². The van der Waals surface area contributed by atoms with Crippen LogP contribution in [0, 0.1) is 0 Å². The molecule has 1 saturated heterocycles. The van der Waals surface area contributed by atoms with Crippen LogP contribution >= 0.6 is 15.9 Å². The smallest absolute Gasteiger partial charge is 0.467 e. The van der Waals surface area contributed by atoms with E-state index < -0.39 is 7.12 Å². The summed E-state index contributed by atoms with van der Waals surface area (Å²) in [5, 5.41) is 0. The van der Waals surface area contributed by atoms with Crippen LogP contribution in [0.3, 0.4) is 0 Å². The van der Waals surface area contributed by atoms with Crippen molar-refractivity contribution in [2.45, 2.75) is 38.9 Å². The van der Waals surface area contributed by atoms with E-state index in [1.807, 2.05) is 45.9 Å². The lowest BCUT2D eigenvalue weighted by atomic mass is 9.78. The van der Waals surface area contributed by atoms with Gasteiger partial charge in [0.15, 0.2) is 6.79 Å². The third kappa shape index (κ3) is 2.88. The summed E-state index contributed by atoms with van der Waals surface area (Å²) in [4.78, 5) is 0. The molecule has 0 saturated carbocycles. The SMILES string of the molecule is COCOc1c(Br)cccc1B1OC(C)(C)C(C)(C)O1. The molecule has 1 aliphatic rings. The highest BCUT2D eigenvalue weighted by Crippen LogP contribution is 2.37. The number of para-hydroxylation sites is 1. The van der Waals surface area contributed by atoms with Crippen molar-refractivity contribution in [2.24, 2.45) is 0 Å². The first kappa shape index (κ1) is 15.8. The molecule has 6 heteroatoms. The molecule has 2 rings (SSSR count). The molecule has 0 N–H and O–H groups in total. The molecular formula is C14H20BBrO4. The standard InChI is InChI=1S/C14H20BBrO4/c1-13(2)14(3,4)20-15(19-13)10-7-6-8-11(16)12(10)18-9-17-5/h6-8H,9H2,1-5H3. The molecule has 0 atom stereocenters. The fourth-order valence-corrected chi connectivity index (χ4v) is 2.45. The first-order chi connectivity index (χ1) is 9.28. The van der Waals surface area contributed by atoms with E-state index >= 15 is 0 Å². The molecule has 1 fully saturated rings. The van der Waals surface area contributed by atoms with E-state index in [1.165, 1.54) is 0 Å². The van der Waals surface area contributed by atoms with Crippen LogP contribution in [-0.4, -0.2) is 32.2 Å². The molecule has 1 aromatic rings. The summed E-state index contributed by atoms with van der Waals surface area (Å²) < 4.78 is 23.6. The van der Waals surface area contributed by atoms with Crippen molar-refractivity contribution in [1.82, 2.24) is 0 Å². The van der Waals surface area contributed by atoms with Gasteiger partial charge in [0, 0.05) is 12.6 Å². The van der Waals surface area contributed by atoms with Crippen LogP contribution in [0.25, 0.3) is 0 Å². The third-order valence-electron chi connectivity index (χ3n) is 3.83. The Kier molecular flexibility index (Phi) is 4.49. The molecule has 1 heterocycles. The fraction of sp³-hybridized carbons (Fsp3) is 0.571. The number of hydrogen-bond donors (Lipinski definition) is 0. The monoisotopic (exact) mass is 342 g/mol. The lowest BCUT2D eigenvalue weighted by molar-refractivity contribution is 0.00578. The van der Waals surface area contributed by atoms with Crippen LogP contribution < -0.4 is 10.2 Å². The molecule has 0 amide bonds. The lowest BCUT2D eigenvalue weighted by Crippen LogP contribution is -2.41. The Morgan fingerprint density at radius 3 is 2.30 bits per heavy atom. The van der Waals surface area contributed by atoms with E-state index in [0.717, 1.165) is 9.94 Å². The molecule has 1 aromatic carbocycles. The van der Waals surface area contributed by atoms with E-state index in [-0.39, 0.29) is 18.0 Å². The molecular weight excluding hydrogens is 323 g/mol. The Morgan fingerprint density at radius 1 is 1.15 bits per heavy atom. The summed E-state index contributed by atoms with van der Waals surface area (Å²) in [7, 11) is 1.13. The van der Waals surface area contributed by atoms with E-state index in [0.29, 0.717) is 5.75 Å². The van der Waals surface area contributed by atoms with Gasteiger partial charge < -0.3 is 18.8 Å². The van der Waals surface area contributed by atoms with Gasteiger partial charge in [-0.1, -0.05) is 12.1 Å². The lowest BCUT2D eigenvalue weighted by Gasteiger charge is -2.32. The maximum Gasteiger partial charge on any atom is 0.498 e. The zero-order valence-electron chi connectivity index (χ0n) is 12.5. The number of halogens is 1. The van der Waals surface area contributed by atoms with Gasteiger partial charge in [-0.3, -0.25) is 0 Å². The van der Waals surface area contributed by atoms with Crippen molar-refractivity contribution >= 4 is 28.5 Å². The van der Waals surface area contributed by atoms with Crippen LogP contribution in [0.1, 0.15) is 27.7 Å². The zero-order valence-corrected chi connectivity index (χ0v) is 14.1. The minimum atomic E-state index is -0.454. The van der Waals surface area contributed by atoms with Gasteiger partial charge in [0.1, 0.15) is 5.75 Å². The third-order valence-corrected chi connectivity index (χ3v) is 4.45. The van der Waals surface area contributed by atoms with Crippen LogP contribution in [-0.2, 0) is 14.0 Å². The fourth-order valence-electron chi connectivity index (χ4n) is 1.95. The largest absolute Gasteiger partial charge is 0.498 e. The van der Waals surface area contributed by atoms with E-state index in [9.17, 15) is 0 Å². The summed E-state index contributed by atoms with van der Waals surface area (Å²) >= 11 is 3.49. The van der Waals surface area contributed by atoms with Crippen molar-refractivity contribution in [3.8, 4) is 5.75 Å². The van der Waals surface area contributed by atoms with Crippen LogP contribution in [0.2, 0.25) is 0 Å². The van der Waals surface area contributed by atoms with Crippen molar-refractivity contribution < 1.29 is 18.8 Å². The van der Waals surface area contributed by atoms with Crippen LogP contribution in [0.4, 0.5) is 0 Å². The molecule has 0 spiro atoms. The van der Waals surface area contributed by atoms with Gasteiger partial charge in [-0.25, -0.2) is 0 Å². The Labute approximate surface area is 129 Å². The van der Waals surface area contributed by atoms with E-state index in [2.05, 4.69) is 15.9 Å². The van der Waals surface area contributed by atoms with Gasteiger partial charge in [-0.2, -0.15) is 0 Å². The van der Waals surface area contributed by atoms with E-state index in [4.69, 9.17) is 18.8 Å². The number of ether oxygens (including phenoxy) is 2. The maximum atomic E-state index is 6.06. The second-order valence-electron chi connectivity index (χ2n) is 5.80. The van der Waals surface area contributed by atoms with Gasteiger partial charge in [-0.15, -0.1) is 0 Å². The summed E-state index contributed by atoms with van der Waals surface area (Å²) in [6.07, 6.45) is 0. The van der Waals surface area contributed by atoms with Gasteiger partial charge in [0.25, 0.3) is 0 Å². The summed E-state index contributed by atoms with van der Waals surface area (Å²) in [6, 6.07) is 5.79. The molecule has 1 aliphatic heterocycles. The van der Waals surface area contributed by atoms with Gasteiger partial charge >= 0.3 is 7.12 Å². The Balaban J connectivity index is 2.32. The Bertz CT molecular complexity index is 474. The molecule has 0 aliphatic carbocycles. The summed E-state index contributed by atoms with van der Waals surface area (Å²) in [5.74, 6) is 0.688. The molecule has 0 bridgehead atoms. The molecule has 0 radical (unpaired) electrons. The van der Waals surface area contributed by atoms with Crippen molar-refractivity contribution in [1.29, 1.82) is 0 Å². The number of rotatable bonds is 4. The highest BCUT2D eigenvalue weighted by molar-refractivity contribution is 9.10. The van der Waals surface area contributed by atoms with E-state index in [1.54, 1.807) is 7.11 Å². The molecule has 0 unspecified atom stereocenters. The van der Waals surface area contributed by atoms with Crippen molar-refractivity contribution in [2.75, 3.05) is 13.9 Å². The van der Waals surface area contributed by atoms with Crippen LogP contribution in [0.5, 0.6) is 5.75 Å². The molecule has 4 nitrogen and oxygen atoms in total. The predicted octanol–water partition coefficient (Wildman–Crippen LogP) is 2.73. The average molecular weight is 343 g/mol. The first-order valence-corrected chi connectivity index (χ1v) is 7.33. The topological polar surface area (TPSA) is 36.9 Å². The number of hydrogen-bond acceptors (Lipinski definition) is 4. The van der Waals surface area contributed by atoms with Crippen molar-refractivity contribution in [3.05, 3.63) is 22.7 Å². The summed E-state index contributed by atoms with van der Waals surface area (Å²) in [6.45, 7) is 8.29. The second kappa shape index (κ2) is 5.68. The van der Waals surface area contributed by atoms with Gasteiger partial charge in [-0.05, 0) is 49.7 Å². The summed E-state index contributed by atoms with van der Waals surface area (Å²) in [5.41, 5.74) is 0.104. The average Bonchev–Trinajstić information content (AvgIpc) is 2.56. The normalized spacial score (nSPS) is 20.2. The van der Waals surface area contributed by atoms with Crippen LogP contribution in [0.15, 0.2) is 22.7 Å².